The standard InChI is InChI=1S/C13H13Cl3/c14-10-1-2-11(12(15)6-10)13(16)9-4-7-3-8(7)5-9/h1-2,6-9,13H,3-5H2. The summed E-state index contributed by atoms with van der Waals surface area (Å²) in [6.45, 7) is 0. The number of fused-ring (bicyclic) bond motifs is 1. The number of halogens is 3. The van der Waals surface area contributed by atoms with Crippen molar-refractivity contribution in [3.8, 4) is 0 Å². The molecule has 3 rings (SSSR count). The smallest absolute Gasteiger partial charge is 0.0628 e. The van der Waals surface area contributed by atoms with Gasteiger partial charge in [0.1, 0.15) is 0 Å². The van der Waals surface area contributed by atoms with Gasteiger partial charge in [-0.25, -0.2) is 0 Å². The van der Waals surface area contributed by atoms with Crippen molar-refractivity contribution in [1.82, 2.24) is 0 Å². The fourth-order valence-corrected chi connectivity index (χ4v) is 3.96. The lowest BCUT2D eigenvalue weighted by molar-refractivity contribution is 0.471. The highest BCUT2D eigenvalue weighted by Gasteiger charge is 2.47. The molecule has 0 saturated heterocycles. The highest BCUT2D eigenvalue weighted by molar-refractivity contribution is 6.35. The third-order valence-electron chi connectivity index (χ3n) is 3.95. The quantitative estimate of drug-likeness (QED) is 0.641. The summed E-state index contributed by atoms with van der Waals surface area (Å²) in [6, 6.07) is 5.61. The topological polar surface area (TPSA) is 0 Å². The summed E-state index contributed by atoms with van der Waals surface area (Å²) in [7, 11) is 0. The molecule has 3 atom stereocenters. The minimum absolute atomic E-state index is 0.0533. The summed E-state index contributed by atoms with van der Waals surface area (Å²) in [5.74, 6) is 2.51. The van der Waals surface area contributed by atoms with E-state index in [0.29, 0.717) is 16.0 Å². The highest BCUT2D eigenvalue weighted by atomic mass is 35.5. The monoisotopic (exact) mass is 274 g/mol. The van der Waals surface area contributed by atoms with E-state index < -0.39 is 0 Å². The van der Waals surface area contributed by atoms with Crippen molar-refractivity contribution in [3.05, 3.63) is 33.8 Å². The number of benzene rings is 1. The van der Waals surface area contributed by atoms with Gasteiger partial charge in [-0.05, 0) is 54.7 Å². The van der Waals surface area contributed by atoms with Crippen molar-refractivity contribution in [3.63, 3.8) is 0 Å². The summed E-state index contributed by atoms with van der Waals surface area (Å²) >= 11 is 18.6. The van der Waals surface area contributed by atoms with E-state index in [1.807, 2.05) is 12.1 Å². The summed E-state index contributed by atoms with van der Waals surface area (Å²) in [5, 5.41) is 1.43. The molecule has 86 valence electrons. The van der Waals surface area contributed by atoms with Gasteiger partial charge in [-0.15, -0.1) is 11.6 Å². The van der Waals surface area contributed by atoms with Crippen molar-refractivity contribution in [1.29, 1.82) is 0 Å². The minimum Gasteiger partial charge on any atom is -0.117 e. The van der Waals surface area contributed by atoms with Crippen LogP contribution in [0.4, 0.5) is 0 Å². The van der Waals surface area contributed by atoms with Crippen LogP contribution in [0, 0.1) is 17.8 Å². The van der Waals surface area contributed by atoms with Crippen LogP contribution in [0.1, 0.15) is 30.2 Å². The molecule has 1 aromatic carbocycles. The maximum atomic E-state index is 6.53. The first-order valence-corrected chi connectivity index (χ1v) is 6.93. The molecule has 2 fully saturated rings. The van der Waals surface area contributed by atoms with E-state index in [0.717, 1.165) is 17.4 Å². The van der Waals surface area contributed by atoms with Gasteiger partial charge in [0.05, 0.1) is 5.38 Å². The number of hydrogen-bond donors (Lipinski definition) is 0. The summed E-state index contributed by atoms with van der Waals surface area (Å²) in [6.07, 6.45) is 3.98. The van der Waals surface area contributed by atoms with Crippen molar-refractivity contribution in [2.75, 3.05) is 0 Å². The highest BCUT2D eigenvalue weighted by Crippen LogP contribution is 2.58. The zero-order valence-electron chi connectivity index (χ0n) is 8.80. The van der Waals surface area contributed by atoms with Crippen molar-refractivity contribution < 1.29 is 0 Å². The van der Waals surface area contributed by atoms with Gasteiger partial charge < -0.3 is 0 Å². The molecule has 3 heteroatoms. The van der Waals surface area contributed by atoms with E-state index in [-0.39, 0.29) is 5.38 Å². The molecule has 1 aromatic rings. The Labute approximate surface area is 111 Å². The molecule has 0 spiro atoms. The van der Waals surface area contributed by atoms with E-state index >= 15 is 0 Å². The first-order chi connectivity index (χ1) is 7.65. The van der Waals surface area contributed by atoms with Crippen molar-refractivity contribution in [2.24, 2.45) is 17.8 Å². The Hall–Kier alpha value is 0.0900. The van der Waals surface area contributed by atoms with Gasteiger partial charge in [0.25, 0.3) is 0 Å². The molecule has 0 radical (unpaired) electrons. The van der Waals surface area contributed by atoms with Crippen LogP contribution < -0.4 is 0 Å². The molecule has 0 amide bonds. The van der Waals surface area contributed by atoms with E-state index in [1.54, 1.807) is 6.07 Å². The molecule has 0 aliphatic heterocycles. The normalized spacial score (nSPS) is 33.6. The van der Waals surface area contributed by atoms with E-state index in [9.17, 15) is 0 Å². The summed E-state index contributed by atoms with van der Waals surface area (Å²) in [5.41, 5.74) is 1.04. The lowest BCUT2D eigenvalue weighted by Gasteiger charge is -2.20. The zero-order chi connectivity index (χ0) is 11.3. The van der Waals surface area contributed by atoms with Crippen LogP contribution in [0.15, 0.2) is 18.2 Å². The third kappa shape index (κ3) is 1.96. The molecule has 2 aliphatic rings. The van der Waals surface area contributed by atoms with Gasteiger partial charge in [-0.3, -0.25) is 0 Å². The van der Waals surface area contributed by atoms with Gasteiger partial charge in [-0.1, -0.05) is 29.3 Å². The Kier molecular flexibility index (Phi) is 2.86. The molecule has 16 heavy (non-hydrogen) atoms. The van der Waals surface area contributed by atoms with Gasteiger partial charge in [-0.2, -0.15) is 0 Å². The predicted molar refractivity (Wildman–Crippen MR) is 69.4 cm³/mol. The summed E-state index contributed by atoms with van der Waals surface area (Å²) < 4.78 is 0. The fourth-order valence-electron chi connectivity index (χ4n) is 2.98. The molecule has 2 aliphatic carbocycles. The second-order valence-electron chi connectivity index (χ2n) is 5.05. The maximum absolute atomic E-state index is 6.53. The molecular formula is C13H13Cl3. The lowest BCUT2D eigenvalue weighted by atomic mass is 9.94. The lowest BCUT2D eigenvalue weighted by Crippen LogP contribution is -2.06. The van der Waals surface area contributed by atoms with Gasteiger partial charge in [0.2, 0.25) is 0 Å². The molecule has 0 aromatic heterocycles. The van der Waals surface area contributed by atoms with Crippen LogP contribution in [0.2, 0.25) is 10.0 Å². The SMILES string of the molecule is Clc1ccc(C(Cl)C2CC3CC3C2)c(Cl)c1. The first-order valence-electron chi connectivity index (χ1n) is 5.74. The third-order valence-corrected chi connectivity index (χ3v) is 5.11. The average Bonchev–Trinajstić information content (AvgIpc) is 2.85. The molecule has 3 unspecified atom stereocenters. The number of rotatable bonds is 2. The summed E-state index contributed by atoms with van der Waals surface area (Å²) in [4.78, 5) is 0. The second-order valence-corrected chi connectivity index (χ2v) is 6.37. The molecule has 2 saturated carbocycles. The molecule has 0 nitrogen and oxygen atoms in total. The van der Waals surface area contributed by atoms with Crippen LogP contribution in [0.5, 0.6) is 0 Å². The van der Waals surface area contributed by atoms with Crippen LogP contribution in [-0.2, 0) is 0 Å². The molecule has 0 bridgehead atoms. The van der Waals surface area contributed by atoms with Crippen LogP contribution in [0.25, 0.3) is 0 Å². The molecule has 0 heterocycles. The molecule has 0 N–H and O–H groups in total. The van der Waals surface area contributed by atoms with Crippen LogP contribution >= 0.6 is 34.8 Å². The Bertz CT molecular complexity index is 406. The Morgan fingerprint density at radius 2 is 1.75 bits per heavy atom. The van der Waals surface area contributed by atoms with Gasteiger partial charge >= 0.3 is 0 Å². The number of hydrogen-bond acceptors (Lipinski definition) is 0. The van der Waals surface area contributed by atoms with E-state index in [2.05, 4.69) is 0 Å². The van der Waals surface area contributed by atoms with E-state index in [4.69, 9.17) is 34.8 Å². The van der Waals surface area contributed by atoms with Crippen LogP contribution in [-0.4, -0.2) is 0 Å². The van der Waals surface area contributed by atoms with Gasteiger partial charge in [0.15, 0.2) is 0 Å². The fraction of sp³-hybridized carbons (Fsp3) is 0.538. The van der Waals surface area contributed by atoms with Crippen LogP contribution in [0.3, 0.4) is 0 Å². The first kappa shape index (κ1) is 11.2. The number of alkyl halides is 1. The Morgan fingerprint density at radius 3 is 2.38 bits per heavy atom. The zero-order valence-corrected chi connectivity index (χ0v) is 11.1. The van der Waals surface area contributed by atoms with Crippen molar-refractivity contribution in [2.45, 2.75) is 24.6 Å². The average molecular weight is 276 g/mol. The maximum Gasteiger partial charge on any atom is 0.0628 e. The largest absolute Gasteiger partial charge is 0.117 e. The Morgan fingerprint density at radius 1 is 1.06 bits per heavy atom. The van der Waals surface area contributed by atoms with Crippen molar-refractivity contribution >= 4 is 34.8 Å². The van der Waals surface area contributed by atoms with E-state index in [1.165, 1.54) is 19.3 Å². The van der Waals surface area contributed by atoms with Gasteiger partial charge in [0, 0.05) is 10.0 Å². The predicted octanol–water partition coefficient (Wildman–Crippen LogP) is 5.32. The molecular weight excluding hydrogens is 263 g/mol. The second kappa shape index (κ2) is 4.08. The minimum atomic E-state index is 0.0533. The Balaban J connectivity index is 1.80.